The Morgan fingerprint density at radius 1 is 1.25 bits per heavy atom. The lowest BCUT2D eigenvalue weighted by Crippen LogP contribution is -2.39. The van der Waals surface area contributed by atoms with Gasteiger partial charge in [0.25, 0.3) is 5.91 Å². The molecule has 7 nitrogen and oxygen atoms in total. The monoisotopic (exact) mass is 299 g/mol. The van der Waals surface area contributed by atoms with Gasteiger partial charge in [-0.05, 0) is 12.1 Å². The first-order chi connectivity index (χ1) is 9.43. The molecular weight excluding hydrogens is 282 g/mol. The van der Waals surface area contributed by atoms with Crippen molar-refractivity contribution in [2.24, 2.45) is 0 Å². The van der Waals surface area contributed by atoms with E-state index in [1.165, 1.54) is 11.0 Å². The largest absolute Gasteiger partial charge is 0.373 e. The average molecular weight is 300 g/mol. The van der Waals surface area contributed by atoms with Crippen LogP contribution < -0.4 is 16.0 Å². The minimum atomic E-state index is -0.273. The van der Waals surface area contributed by atoms with Crippen LogP contribution in [-0.4, -0.2) is 56.1 Å². The maximum absolute atomic E-state index is 11.9. The van der Waals surface area contributed by atoms with Gasteiger partial charge < -0.3 is 20.9 Å². The quantitative estimate of drug-likeness (QED) is 0.554. The number of anilines is 1. The number of carbonyl (C=O) groups is 2. The van der Waals surface area contributed by atoms with Gasteiger partial charge in [-0.15, -0.1) is 0 Å². The second-order valence-electron chi connectivity index (χ2n) is 4.20. The smallest absolute Gasteiger partial charge is 0.316 e. The third-order valence-corrected chi connectivity index (χ3v) is 2.60. The first-order valence-electron chi connectivity index (χ1n) is 6.02. The van der Waals surface area contributed by atoms with Crippen LogP contribution in [0.4, 0.5) is 10.6 Å². The molecule has 0 radical (unpaired) electrons. The number of urea groups is 1. The van der Waals surface area contributed by atoms with E-state index in [1.54, 1.807) is 27.2 Å². The van der Waals surface area contributed by atoms with Gasteiger partial charge in [0.05, 0.1) is 0 Å². The fourth-order valence-electron chi connectivity index (χ4n) is 1.36. The maximum Gasteiger partial charge on any atom is 0.316 e. The molecule has 20 heavy (non-hydrogen) atoms. The molecule has 1 aromatic heterocycles. The average Bonchev–Trinajstić information content (AvgIpc) is 2.42. The molecule has 0 aromatic carbocycles. The molecule has 3 amide bonds. The number of amides is 3. The molecule has 0 unspecified atom stereocenters. The highest BCUT2D eigenvalue weighted by atomic mass is 35.5. The van der Waals surface area contributed by atoms with Gasteiger partial charge in [0.2, 0.25) is 0 Å². The molecule has 3 N–H and O–H groups in total. The number of rotatable bonds is 5. The molecule has 0 fully saturated rings. The lowest BCUT2D eigenvalue weighted by Gasteiger charge is -2.12. The van der Waals surface area contributed by atoms with Crippen molar-refractivity contribution in [2.75, 3.05) is 39.5 Å². The van der Waals surface area contributed by atoms with Crippen LogP contribution in [0.2, 0.25) is 5.15 Å². The zero-order chi connectivity index (χ0) is 15.1. The highest BCUT2D eigenvalue weighted by molar-refractivity contribution is 6.29. The van der Waals surface area contributed by atoms with Crippen molar-refractivity contribution in [3.8, 4) is 0 Å². The number of nitrogens with one attached hydrogen (secondary N) is 3. The van der Waals surface area contributed by atoms with Crippen LogP contribution in [0.15, 0.2) is 12.1 Å². The zero-order valence-electron chi connectivity index (χ0n) is 11.7. The van der Waals surface area contributed by atoms with E-state index in [1.807, 2.05) is 0 Å². The summed E-state index contributed by atoms with van der Waals surface area (Å²) in [6.07, 6.45) is 0. The molecular formula is C12H18ClN5O2. The van der Waals surface area contributed by atoms with E-state index in [4.69, 9.17) is 11.6 Å². The lowest BCUT2D eigenvalue weighted by molar-refractivity contribution is 0.0953. The Morgan fingerprint density at radius 2 is 1.90 bits per heavy atom. The summed E-state index contributed by atoms with van der Waals surface area (Å²) in [5.41, 5.74) is 0.410. The third-order valence-electron chi connectivity index (χ3n) is 2.41. The molecule has 0 spiro atoms. The number of aromatic nitrogens is 1. The summed E-state index contributed by atoms with van der Waals surface area (Å²) in [6.45, 7) is 0.674. The van der Waals surface area contributed by atoms with Crippen molar-refractivity contribution in [3.05, 3.63) is 22.8 Å². The Labute approximate surface area is 122 Å². The van der Waals surface area contributed by atoms with E-state index in [-0.39, 0.29) is 17.1 Å². The van der Waals surface area contributed by atoms with Crippen LogP contribution in [0, 0.1) is 0 Å². The molecule has 110 valence electrons. The third kappa shape index (κ3) is 4.93. The summed E-state index contributed by atoms with van der Waals surface area (Å²) < 4.78 is 0. The molecule has 0 saturated heterocycles. The van der Waals surface area contributed by atoms with Gasteiger partial charge in [0, 0.05) is 39.8 Å². The second kappa shape index (κ2) is 7.54. The van der Waals surface area contributed by atoms with Gasteiger partial charge in [-0.3, -0.25) is 4.79 Å². The molecule has 1 aromatic rings. The maximum atomic E-state index is 11.9. The SMILES string of the molecule is CNc1cc(C(=O)NCCNC(=O)N(C)C)cc(Cl)n1. The predicted octanol–water partition coefficient (Wildman–Crippen LogP) is 0.778. The minimum absolute atomic E-state index is 0.205. The predicted molar refractivity (Wildman–Crippen MR) is 78.2 cm³/mol. The number of pyridine rings is 1. The van der Waals surface area contributed by atoms with Crippen LogP contribution in [-0.2, 0) is 0 Å². The molecule has 1 heterocycles. The Kier molecular flexibility index (Phi) is 6.05. The van der Waals surface area contributed by atoms with Crippen molar-refractivity contribution in [1.82, 2.24) is 20.5 Å². The van der Waals surface area contributed by atoms with E-state index in [0.717, 1.165) is 0 Å². The van der Waals surface area contributed by atoms with Gasteiger partial charge in [0.1, 0.15) is 11.0 Å². The summed E-state index contributed by atoms with van der Waals surface area (Å²) in [4.78, 5) is 28.6. The molecule has 1 rings (SSSR count). The summed E-state index contributed by atoms with van der Waals surface area (Å²) in [5, 5.41) is 8.39. The Hall–Kier alpha value is -2.02. The number of nitrogens with zero attached hydrogens (tertiary/aromatic N) is 2. The molecule has 0 aliphatic heterocycles. The van der Waals surface area contributed by atoms with Gasteiger partial charge in [-0.2, -0.15) is 0 Å². The highest BCUT2D eigenvalue weighted by Gasteiger charge is 2.09. The van der Waals surface area contributed by atoms with Crippen LogP contribution in [0.25, 0.3) is 0 Å². The number of carbonyl (C=O) groups excluding carboxylic acids is 2. The van der Waals surface area contributed by atoms with Crippen LogP contribution in [0.1, 0.15) is 10.4 Å². The summed E-state index contributed by atoms with van der Waals surface area (Å²) in [7, 11) is 4.98. The minimum Gasteiger partial charge on any atom is -0.373 e. The highest BCUT2D eigenvalue weighted by Crippen LogP contribution is 2.13. The van der Waals surface area contributed by atoms with E-state index in [0.29, 0.717) is 24.5 Å². The van der Waals surface area contributed by atoms with Gasteiger partial charge in [0.15, 0.2) is 0 Å². The second-order valence-corrected chi connectivity index (χ2v) is 4.58. The summed E-state index contributed by atoms with van der Waals surface area (Å²) in [5.74, 6) is 0.244. The van der Waals surface area contributed by atoms with Gasteiger partial charge in [-0.1, -0.05) is 11.6 Å². The number of hydrogen-bond donors (Lipinski definition) is 3. The first-order valence-corrected chi connectivity index (χ1v) is 6.40. The molecule has 0 aliphatic carbocycles. The van der Waals surface area contributed by atoms with E-state index in [2.05, 4.69) is 20.9 Å². The van der Waals surface area contributed by atoms with Crippen LogP contribution >= 0.6 is 11.6 Å². The summed E-state index contributed by atoms with van der Waals surface area (Å²) in [6, 6.07) is 2.87. The lowest BCUT2D eigenvalue weighted by atomic mass is 10.2. The van der Waals surface area contributed by atoms with E-state index >= 15 is 0 Å². The van der Waals surface area contributed by atoms with Crippen molar-refractivity contribution in [1.29, 1.82) is 0 Å². The standard InChI is InChI=1S/C12H18ClN5O2/c1-14-10-7-8(6-9(13)17-10)11(19)15-4-5-16-12(20)18(2)3/h6-7H,4-5H2,1-3H3,(H,14,17)(H,15,19)(H,16,20). The Balaban J connectivity index is 2.47. The number of halogens is 1. The van der Waals surface area contributed by atoms with Crippen molar-refractivity contribution >= 4 is 29.4 Å². The van der Waals surface area contributed by atoms with E-state index in [9.17, 15) is 9.59 Å². The summed E-state index contributed by atoms with van der Waals surface area (Å²) >= 11 is 5.82. The topological polar surface area (TPSA) is 86.4 Å². The Bertz CT molecular complexity index is 493. The fraction of sp³-hybridized carbons (Fsp3) is 0.417. The fourth-order valence-corrected chi connectivity index (χ4v) is 1.57. The van der Waals surface area contributed by atoms with Gasteiger partial charge >= 0.3 is 6.03 Å². The van der Waals surface area contributed by atoms with E-state index < -0.39 is 0 Å². The normalized spacial score (nSPS) is 9.80. The molecule has 8 heteroatoms. The first kappa shape index (κ1) is 16.0. The van der Waals surface area contributed by atoms with Crippen molar-refractivity contribution in [3.63, 3.8) is 0 Å². The van der Waals surface area contributed by atoms with Crippen molar-refractivity contribution in [2.45, 2.75) is 0 Å². The molecule has 0 saturated carbocycles. The van der Waals surface area contributed by atoms with Crippen molar-refractivity contribution < 1.29 is 9.59 Å². The zero-order valence-corrected chi connectivity index (χ0v) is 12.4. The molecule has 0 atom stereocenters. The van der Waals surface area contributed by atoms with Gasteiger partial charge in [-0.25, -0.2) is 9.78 Å². The van der Waals surface area contributed by atoms with Crippen LogP contribution in [0.3, 0.4) is 0 Å². The number of hydrogen-bond acceptors (Lipinski definition) is 4. The van der Waals surface area contributed by atoms with Crippen LogP contribution in [0.5, 0.6) is 0 Å². The Morgan fingerprint density at radius 3 is 2.50 bits per heavy atom. The molecule has 0 bridgehead atoms. The molecule has 0 aliphatic rings.